The Bertz CT molecular complexity index is 852. The van der Waals surface area contributed by atoms with Crippen LogP contribution in [0.25, 0.3) is 5.69 Å². The number of anilines is 1. The molecule has 1 aromatic heterocycles. The molecule has 2 aliphatic heterocycles. The van der Waals surface area contributed by atoms with Gasteiger partial charge in [-0.1, -0.05) is 18.2 Å². The molecule has 2 aliphatic rings. The zero-order valence-electron chi connectivity index (χ0n) is 18.8. The summed E-state index contributed by atoms with van der Waals surface area (Å²) >= 11 is 0. The molecule has 0 saturated carbocycles. The number of rotatable bonds is 7. The van der Waals surface area contributed by atoms with Gasteiger partial charge in [-0.25, -0.2) is 4.68 Å². The summed E-state index contributed by atoms with van der Waals surface area (Å²) in [6.07, 6.45) is 3.63. The number of aromatic nitrogens is 2. The smallest absolute Gasteiger partial charge is 0.238 e. The van der Waals surface area contributed by atoms with Gasteiger partial charge in [-0.15, -0.1) is 0 Å². The average Bonchev–Trinajstić information content (AvgIpc) is 3.08. The SMILES string of the molecule is Cc1nn(-c2ccccc2)c(C)c1NC(=O)CN1CCC(CCN2CCOCC2)CC1. The molecular weight excluding hydrogens is 390 g/mol. The van der Waals surface area contributed by atoms with Gasteiger partial charge in [0.15, 0.2) is 0 Å². The minimum absolute atomic E-state index is 0.0468. The molecule has 1 N–H and O–H groups in total. The van der Waals surface area contributed by atoms with Crippen LogP contribution in [0.15, 0.2) is 30.3 Å². The van der Waals surface area contributed by atoms with Crippen LogP contribution in [-0.2, 0) is 9.53 Å². The molecule has 0 radical (unpaired) electrons. The number of carbonyl (C=O) groups is 1. The first-order valence-electron chi connectivity index (χ1n) is 11.5. The minimum Gasteiger partial charge on any atom is -0.379 e. The molecule has 2 aromatic rings. The molecular formula is C24H35N5O2. The Kier molecular flexibility index (Phi) is 7.37. The van der Waals surface area contributed by atoms with Crippen molar-refractivity contribution in [3.05, 3.63) is 41.7 Å². The van der Waals surface area contributed by atoms with Crippen LogP contribution in [0.3, 0.4) is 0 Å². The molecule has 3 heterocycles. The van der Waals surface area contributed by atoms with Crippen molar-refractivity contribution in [2.75, 3.05) is 57.8 Å². The standard InChI is InChI=1S/C24H35N5O2/c1-19-24(20(2)29(26-19)22-6-4-3-5-7-22)25-23(30)18-28-12-9-21(10-13-28)8-11-27-14-16-31-17-15-27/h3-7,21H,8-18H2,1-2H3,(H,25,30). The first-order valence-corrected chi connectivity index (χ1v) is 11.5. The highest BCUT2D eigenvalue weighted by Crippen LogP contribution is 2.24. The normalized spacial score (nSPS) is 18.9. The number of hydrogen-bond donors (Lipinski definition) is 1. The number of likely N-dealkylation sites (tertiary alicyclic amines) is 1. The molecule has 168 valence electrons. The Balaban J connectivity index is 1.24. The van der Waals surface area contributed by atoms with Gasteiger partial charge in [0.05, 0.1) is 42.5 Å². The van der Waals surface area contributed by atoms with E-state index in [0.29, 0.717) is 6.54 Å². The number of morpholine rings is 1. The molecule has 0 atom stereocenters. The third-order valence-electron chi connectivity index (χ3n) is 6.59. The lowest BCUT2D eigenvalue weighted by Crippen LogP contribution is -2.41. The molecule has 2 saturated heterocycles. The van der Waals surface area contributed by atoms with Crippen LogP contribution in [0.1, 0.15) is 30.7 Å². The van der Waals surface area contributed by atoms with E-state index in [1.807, 2.05) is 48.9 Å². The first-order chi connectivity index (χ1) is 15.1. The van der Waals surface area contributed by atoms with E-state index in [1.54, 1.807) is 0 Å². The number of amides is 1. The third kappa shape index (κ3) is 5.73. The molecule has 31 heavy (non-hydrogen) atoms. The molecule has 1 aromatic carbocycles. The number of nitrogens with zero attached hydrogens (tertiary/aromatic N) is 4. The summed E-state index contributed by atoms with van der Waals surface area (Å²) in [6.45, 7) is 11.5. The van der Waals surface area contributed by atoms with Gasteiger partial charge in [0, 0.05) is 13.1 Å². The summed E-state index contributed by atoms with van der Waals surface area (Å²) in [5, 5.41) is 7.74. The second-order valence-corrected chi connectivity index (χ2v) is 8.80. The summed E-state index contributed by atoms with van der Waals surface area (Å²) in [6, 6.07) is 10.0. The Hall–Kier alpha value is -2.22. The zero-order chi connectivity index (χ0) is 21.6. The van der Waals surface area contributed by atoms with E-state index in [2.05, 4.69) is 20.2 Å². The predicted octanol–water partition coefficient (Wildman–Crippen LogP) is 2.86. The van der Waals surface area contributed by atoms with E-state index in [9.17, 15) is 4.79 Å². The summed E-state index contributed by atoms with van der Waals surface area (Å²) < 4.78 is 7.33. The fourth-order valence-corrected chi connectivity index (χ4v) is 4.65. The summed E-state index contributed by atoms with van der Waals surface area (Å²) in [5.41, 5.74) is 3.63. The van der Waals surface area contributed by atoms with Crippen LogP contribution in [0.4, 0.5) is 5.69 Å². The molecule has 0 bridgehead atoms. The second-order valence-electron chi connectivity index (χ2n) is 8.80. The second kappa shape index (κ2) is 10.4. The molecule has 0 spiro atoms. The van der Waals surface area contributed by atoms with Gasteiger partial charge in [0.2, 0.25) is 5.91 Å². The van der Waals surface area contributed by atoms with E-state index < -0.39 is 0 Å². The highest BCUT2D eigenvalue weighted by atomic mass is 16.5. The summed E-state index contributed by atoms with van der Waals surface area (Å²) in [5.74, 6) is 0.821. The lowest BCUT2D eigenvalue weighted by molar-refractivity contribution is -0.117. The number of ether oxygens (including phenoxy) is 1. The average molecular weight is 426 g/mol. The Morgan fingerprint density at radius 2 is 1.77 bits per heavy atom. The molecule has 1 amide bonds. The fraction of sp³-hybridized carbons (Fsp3) is 0.583. The molecule has 0 aliphatic carbocycles. The maximum absolute atomic E-state index is 12.7. The van der Waals surface area contributed by atoms with Crippen LogP contribution >= 0.6 is 0 Å². The maximum atomic E-state index is 12.7. The monoisotopic (exact) mass is 425 g/mol. The van der Waals surface area contributed by atoms with Crippen molar-refractivity contribution in [1.29, 1.82) is 0 Å². The molecule has 4 rings (SSSR count). The van der Waals surface area contributed by atoms with Gasteiger partial charge < -0.3 is 10.1 Å². The van der Waals surface area contributed by atoms with Crippen LogP contribution in [0, 0.1) is 19.8 Å². The number of benzene rings is 1. The quantitative estimate of drug-likeness (QED) is 0.739. The first kappa shape index (κ1) is 22.0. The van der Waals surface area contributed by atoms with Crippen LogP contribution in [0.2, 0.25) is 0 Å². The zero-order valence-corrected chi connectivity index (χ0v) is 18.8. The van der Waals surface area contributed by atoms with Crippen molar-refractivity contribution >= 4 is 11.6 Å². The summed E-state index contributed by atoms with van der Waals surface area (Å²) in [4.78, 5) is 17.5. The van der Waals surface area contributed by atoms with Crippen molar-refractivity contribution in [1.82, 2.24) is 19.6 Å². The Morgan fingerprint density at radius 3 is 2.48 bits per heavy atom. The van der Waals surface area contributed by atoms with Crippen molar-refractivity contribution in [2.45, 2.75) is 33.1 Å². The van der Waals surface area contributed by atoms with Crippen molar-refractivity contribution in [3.8, 4) is 5.69 Å². The molecule has 7 nitrogen and oxygen atoms in total. The van der Waals surface area contributed by atoms with Gasteiger partial charge in [-0.3, -0.25) is 14.6 Å². The summed E-state index contributed by atoms with van der Waals surface area (Å²) in [7, 11) is 0. The van der Waals surface area contributed by atoms with Gasteiger partial charge in [-0.2, -0.15) is 5.10 Å². The van der Waals surface area contributed by atoms with Crippen molar-refractivity contribution < 1.29 is 9.53 Å². The van der Waals surface area contributed by atoms with E-state index in [0.717, 1.165) is 68.1 Å². The number of piperidine rings is 1. The van der Waals surface area contributed by atoms with Gasteiger partial charge in [0.1, 0.15) is 0 Å². The Morgan fingerprint density at radius 1 is 1.06 bits per heavy atom. The van der Waals surface area contributed by atoms with Crippen LogP contribution in [0.5, 0.6) is 0 Å². The highest BCUT2D eigenvalue weighted by molar-refractivity contribution is 5.93. The fourth-order valence-electron chi connectivity index (χ4n) is 4.65. The van der Waals surface area contributed by atoms with Crippen LogP contribution < -0.4 is 5.32 Å². The largest absolute Gasteiger partial charge is 0.379 e. The number of para-hydroxylation sites is 1. The van der Waals surface area contributed by atoms with E-state index in [1.165, 1.54) is 25.8 Å². The molecule has 0 unspecified atom stereocenters. The highest BCUT2D eigenvalue weighted by Gasteiger charge is 2.23. The predicted molar refractivity (Wildman–Crippen MR) is 123 cm³/mol. The lowest BCUT2D eigenvalue weighted by Gasteiger charge is -2.33. The molecule has 7 heteroatoms. The number of carbonyl (C=O) groups excluding carboxylic acids is 1. The maximum Gasteiger partial charge on any atom is 0.238 e. The topological polar surface area (TPSA) is 62.6 Å². The lowest BCUT2D eigenvalue weighted by atomic mass is 9.93. The van der Waals surface area contributed by atoms with Gasteiger partial charge in [0.25, 0.3) is 0 Å². The Labute approximate surface area is 185 Å². The van der Waals surface area contributed by atoms with E-state index in [-0.39, 0.29) is 5.91 Å². The van der Waals surface area contributed by atoms with Gasteiger partial charge in [-0.05, 0) is 70.8 Å². The molecule has 2 fully saturated rings. The van der Waals surface area contributed by atoms with E-state index >= 15 is 0 Å². The minimum atomic E-state index is 0.0468. The van der Waals surface area contributed by atoms with Crippen molar-refractivity contribution in [3.63, 3.8) is 0 Å². The number of aryl methyl sites for hydroxylation is 1. The number of hydrogen-bond acceptors (Lipinski definition) is 5. The third-order valence-corrected chi connectivity index (χ3v) is 6.59. The van der Waals surface area contributed by atoms with Crippen LogP contribution in [-0.4, -0.2) is 78.0 Å². The van der Waals surface area contributed by atoms with E-state index in [4.69, 9.17) is 4.74 Å². The van der Waals surface area contributed by atoms with Gasteiger partial charge >= 0.3 is 0 Å². The number of nitrogens with one attached hydrogen (secondary N) is 1. The van der Waals surface area contributed by atoms with Crippen molar-refractivity contribution in [2.24, 2.45) is 5.92 Å².